The summed E-state index contributed by atoms with van der Waals surface area (Å²) >= 11 is 0. The summed E-state index contributed by atoms with van der Waals surface area (Å²) in [5.74, 6) is 1.16. The molecule has 0 aromatic carbocycles. The summed E-state index contributed by atoms with van der Waals surface area (Å²) in [7, 11) is 0. The second-order valence-corrected chi connectivity index (χ2v) is 3.93. The van der Waals surface area contributed by atoms with E-state index in [-0.39, 0.29) is 6.10 Å². The van der Waals surface area contributed by atoms with E-state index in [0.717, 1.165) is 12.8 Å². The first-order valence-electron chi connectivity index (χ1n) is 4.81. The van der Waals surface area contributed by atoms with Gasteiger partial charge in [-0.1, -0.05) is 5.16 Å². The van der Waals surface area contributed by atoms with E-state index in [9.17, 15) is 0 Å². The molecule has 5 heteroatoms. The monoisotopic (exact) mass is 197 g/mol. The lowest BCUT2D eigenvalue weighted by Crippen LogP contribution is -2.45. The summed E-state index contributed by atoms with van der Waals surface area (Å²) in [5, 5.41) is 3.88. The Morgan fingerprint density at radius 1 is 1.57 bits per heavy atom. The minimum Gasteiger partial charge on any atom is -0.378 e. The molecule has 2 unspecified atom stereocenters. The van der Waals surface area contributed by atoms with Gasteiger partial charge in [-0.25, -0.2) is 0 Å². The van der Waals surface area contributed by atoms with Gasteiger partial charge in [-0.3, -0.25) is 0 Å². The third-order valence-electron chi connectivity index (χ3n) is 2.58. The SMILES string of the molecule is Cc1nc(C2(N)CCOC(C)C2)no1. The third-order valence-corrected chi connectivity index (χ3v) is 2.58. The Hall–Kier alpha value is -0.940. The molecule has 0 saturated carbocycles. The molecule has 1 aromatic rings. The van der Waals surface area contributed by atoms with E-state index in [4.69, 9.17) is 15.0 Å². The number of hydrogen-bond donors (Lipinski definition) is 1. The van der Waals surface area contributed by atoms with Crippen LogP contribution in [0.3, 0.4) is 0 Å². The molecular weight excluding hydrogens is 182 g/mol. The van der Waals surface area contributed by atoms with Crippen molar-refractivity contribution in [2.45, 2.75) is 38.3 Å². The highest BCUT2D eigenvalue weighted by molar-refractivity contribution is 5.05. The molecule has 2 rings (SSSR count). The molecule has 1 fully saturated rings. The first-order valence-corrected chi connectivity index (χ1v) is 4.81. The van der Waals surface area contributed by atoms with Crippen molar-refractivity contribution >= 4 is 0 Å². The summed E-state index contributed by atoms with van der Waals surface area (Å²) in [6, 6.07) is 0. The molecule has 2 heterocycles. The first kappa shape index (κ1) is 9.61. The van der Waals surface area contributed by atoms with Crippen LogP contribution in [0.15, 0.2) is 4.52 Å². The largest absolute Gasteiger partial charge is 0.378 e. The fraction of sp³-hybridized carbons (Fsp3) is 0.778. The van der Waals surface area contributed by atoms with Crippen molar-refractivity contribution in [3.05, 3.63) is 11.7 Å². The van der Waals surface area contributed by atoms with Crippen LogP contribution in [-0.4, -0.2) is 22.9 Å². The van der Waals surface area contributed by atoms with Gasteiger partial charge in [0.15, 0.2) is 5.82 Å². The number of nitrogens with zero attached hydrogens (tertiary/aromatic N) is 2. The van der Waals surface area contributed by atoms with Crippen LogP contribution in [0.2, 0.25) is 0 Å². The number of hydrogen-bond acceptors (Lipinski definition) is 5. The van der Waals surface area contributed by atoms with E-state index < -0.39 is 5.54 Å². The lowest BCUT2D eigenvalue weighted by molar-refractivity contribution is -0.0117. The van der Waals surface area contributed by atoms with Gasteiger partial charge in [-0.2, -0.15) is 4.98 Å². The van der Waals surface area contributed by atoms with Gasteiger partial charge in [0.05, 0.1) is 11.6 Å². The molecule has 0 bridgehead atoms. The highest BCUT2D eigenvalue weighted by Crippen LogP contribution is 2.30. The van der Waals surface area contributed by atoms with E-state index in [2.05, 4.69) is 10.1 Å². The number of nitrogens with two attached hydrogens (primary N) is 1. The van der Waals surface area contributed by atoms with Crippen molar-refractivity contribution in [2.24, 2.45) is 5.73 Å². The second-order valence-electron chi connectivity index (χ2n) is 3.93. The molecule has 5 nitrogen and oxygen atoms in total. The van der Waals surface area contributed by atoms with Crippen LogP contribution >= 0.6 is 0 Å². The van der Waals surface area contributed by atoms with Crippen molar-refractivity contribution in [2.75, 3.05) is 6.61 Å². The Morgan fingerprint density at radius 2 is 2.36 bits per heavy atom. The molecular formula is C9H15N3O2. The van der Waals surface area contributed by atoms with Gasteiger partial charge < -0.3 is 15.0 Å². The Balaban J connectivity index is 2.22. The Labute approximate surface area is 82.6 Å². The van der Waals surface area contributed by atoms with Crippen LogP contribution in [0.1, 0.15) is 31.5 Å². The average molecular weight is 197 g/mol. The number of ether oxygens (including phenoxy) is 1. The zero-order chi connectivity index (χ0) is 10.2. The molecule has 1 aliphatic heterocycles. The standard InChI is InChI=1S/C9H15N3O2/c1-6-5-9(10,3-4-13-6)8-11-7(2)14-12-8/h6H,3-5,10H2,1-2H3. The average Bonchev–Trinajstić information content (AvgIpc) is 2.52. The smallest absolute Gasteiger partial charge is 0.223 e. The third kappa shape index (κ3) is 1.65. The van der Waals surface area contributed by atoms with Gasteiger partial charge in [0.2, 0.25) is 5.89 Å². The summed E-state index contributed by atoms with van der Waals surface area (Å²) in [6.07, 6.45) is 1.65. The molecule has 0 radical (unpaired) electrons. The Bertz CT molecular complexity index is 326. The fourth-order valence-electron chi connectivity index (χ4n) is 1.82. The van der Waals surface area contributed by atoms with Crippen LogP contribution in [0.5, 0.6) is 0 Å². The van der Waals surface area contributed by atoms with Crippen molar-refractivity contribution in [3.63, 3.8) is 0 Å². The fourth-order valence-corrected chi connectivity index (χ4v) is 1.82. The highest BCUT2D eigenvalue weighted by atomic mass is 16.5. The predicted octanol–water partition coefficient (Wildman–Crippen LogP) is 0.731. The van der Waals surface area contributed by atoms with Gasteiger partial charge in [0, 0.05) is 13.5 Å². The second kappa shape index (κ2) is 3.33. The van der Waals surface area contributed by atoms with Gasteiger partial charge >= 0.3 is 0 Å². The molecule has 78 valence electrons. The van der Waals surface area contributed by atoms with Crippen molar-refractivity contribution in [3.8, 4) is 0 Å². The Morgan fingerprint density at radius 3 is 2.93 bits per heavy atom. The van der Waals surface area contributed by atoms with Crippen LogP contribution in [0.25, 0.3) is 0 Å². The lowest BCUT2D eigenvalue weighted by Gasteiger charge is -2.33. The molecule has 0 aliphatic carbocycles. The number of rotatable bonds is 1. The molecule has 1 aliphatic rings. The summed E-state index contributed by atoms with van der Waals surface area (Å²) in [6.45, 7) is 4.43. The van der Waals surface area contributed by atoms with E-state index in [1.165, 1.54) is 0 Å². The van der Waals surface area contributed by atoms with Crippen molar-refractivity contribution < 1.29 is 9.26 Å². The zero-order valence-corrected chi connectivity index (χ0v) is 8.49. The molecule has 2 atom stereocenters. The Kier molecular flexibility index (Phi) is 2.28. The van der Waals surface area contributed by atoms with Crippen LogP contribution in [0, 0.1) is 6.92 Å². The van der Waals surface area contributed by atoms with Crippen LogP contribution < -0.4 is 5.73 Å². The maximum absolute atomic E-state index is 6.22. The van der Waals surface area contributed by atoms with E-state index >= 15 is 0 Å². The topological polar surface area (TPSA) is 74.2 Å². The van der Waals surface area contributed by atoms with Gasteiger partial charge in [0.25, 0.3) is 0 Å². The van der Waals surface area contributed by atoms with E-state index in [0.29, 0.717) is 18.3 Å². The molecule has 1 aromatic heterocycles. The zero-order valence-electron chi connectivity index (χ0n) is 8.49. The van der Waals surface area contributed by atoms with Gasteiger partial charge in [-0.05, 0) is 19.8 Å². The normalized spacial score (nSPS) is 33.2. The molecule has 0 spiro atoms. The number of aryl methyl sites for hydroxylation is 1. The quantitative estimate of drug-likeness (QED) is 0.718. The molecule has 1 saturated heterocycles. The molecule has 0 amide bonds. The van der Waals surface area contributed by atoms with Gasteiger partial charge in [0.1, 0.15) is 0 Å². The van der Waals surface area contributed by atoms with E-state index in [1.54, 1.807) is 6.92 Å². The summed E-state index contributed by atoms with van der Waals surface area (Å²) in [5.41, 5.74) is 5.74. The lowest BCUT2D eigenvalue weighted by atomic mass is 9.87. The highest BCUT2D eigenvalue weighted by Gasteiger charge is 2.37. The van der Waals surface area contributed by atoms with Crippen molar-refractivity contribution in [1.29, 1.82) is 0 Å². The molecule has 14 heavy (non-hydrogen) atoms. The minimum absolute atomic E-state index is 0.160. The van der Waals surface area contributed by atoms with Crippen molar-refractivity contribution in [1.82, 2.24) is 10.1 Å². The predicted molar refractivity (Wildman–Crippen MR) is 49.5 cm³/mol. The maximum Gasteiger partial charge on any atom is 0.223 e. The maximum atomic E-state index is 6.22. The van der Waals surface area contributed by atoms with Crippen LogP contribution in [0.4, 0.5) is 0 Å². The minimum atomic E-state index is -0.477. The summed E-state index contributed by atoms with van der Waals surface area (Å²) in [4.78, 5) is 4.18. The number of aromatic nitrogens is 2. The summed E-state index contributed by atoms with van der Waals surface area (Å²) < 4.78 is 10.4. The van der Waals surface area contributed by atoms with Crippen LogP contribution in [-0.2, 0) is 10.3 Å². The molecule has 2 N–H and O–H groups in total. The van der Waals surface area contributed by atoms with E-state index in [1.807, 2.05) is 6.92 Å². The first-order chi connectivity index (χ1) is 6.60. The van der Waals surface area contributed by atoms with Gasteiger partial charge in [-0.15, -0.1) is 0 Å².